The van der Waals surface area contributed by atoms with Gasteiger partial charge in [-0.3, -0.25) is 9.59 Å². The van der Waals surface area contributed by atoms with Crippen molar-refractivity contribution in [2.45, 2.75) is 85.0 Å². The van der Waals surface area contributed by atoms with E-state index < -0.39 is 0 Å². The second-order valence-corrected chi connectivity index (χ2v) is 6.58. The van der Waals surface area contributed by atoms with Crippen molar-refractivity contribution in [1.82, 2.24) is 0 Å². The zero-order valence-corrected chi connectivity index (χ0v) is 16.6. The van der Waals surface area contributed by atoms with Gasteiger partial charge in [0.1, 0.15) is 0 Å². The summed E-state index contributed by atoms with van der Waals surface area (Å²) in [6, 6.07) is 0. The molecule has 0 aromatic rings. The Bertz CT molecular complexity index is 335. The maximum absolute atomic E-state index is 10.8. The molecule has 2 rings (SSSR count). The number of hydrogen-bond acceptors (Lipinski definition) is 5. The van der Waals surface area contributed by atoms with Crippen molar-refractivity contribution < 1.29 is 19.1 Å². The lowest BCUT2D eigenvalue weighted by atomic mass is 9.90. The minimum atomic E-state index is -0.281. The van der Waals surface area contributed by atoms with Crippen LogP contribution in [0.4, 0.5) is 0 Å². The molecule has 5 nitrogen and oxygen atoms in total. The Morgan fingerprint density at radius 1 is 0.800 bits per heavy atom. The Labute approximate surface area is 154 Å². The molecular formula is C20H39NO4. The van der Waals surface area contributed by atoms with Gasteiger partial charge in [-0.1, -0.05) is 52.9 Å². The third kappa shape index (κ3) is 12.9. The zero-order chi connectivity index (χ0) is 18.9. The lowest BCUT2D eigenvalue weighted by Gasteiger charge is -2.20. The van der Waals surface area contributed by atoms with Crippen LogP contribution in [0.5, 0.6) is 0 Å². The van der Waals surface area contributed by atoms with Crippen LogP contribution in [0.15, 0.2) is 0 Å². The molecule has 0 aliphatic heterocycles. The Kier molecular flexibility index (Phi) is 15.7. The van der Waals surface area contributed by atoms with Crippen LogP contribution in [-0.4, -0.2) is 31.7 Å². The largest absolute Gasteiger partial charge is 0.465 e. The zero-order valence-electron chi connectivity index (χ0n) is 16.6. The first-order valence-electron chi connectivity index (χ1n) is 10.2. The summed E-state index contributed by atoms with van der Waals surface area (Å²) in [5.41, 5.74) is 5.08. The fourth-order valence-electron chi connectivity index (χ4n) is 3.11. The van der Waals surface area contributed by atoms with Crippen LogP contribution in [0, 0.1) is 11.8 Å². The molecule has 2 fully saturated rings. The van der Waals surface area contributed by atoms with Crippen molar-refractivity contribution in [1.29, 1.82) is 0 Å². The summed E-state index contributed by atoms with van der Waals surface area (Å²) in [5, 5.41) is 0. The molecule has 2 aliphatic carbocycles. The molecule has 2 saturated carbocycles. The van der Waals surface area contributed by atoms with E-state index in [1.807, 2.05) is 20.8 Å². The quantitative estimate of drug-likeness (QED) is 0.720. The standard InChI is InChI=1S/C10H18O2.C8H15NO2.C2H6/c1-2-10(11)12-8-9-6-4-3-5-7-9;9-5-8(10)11-6-7-3-1-2-4-7;1-2/h9H,2-8H2,1H3;7H,1-6,9H2;1-2H3. The molecule has 0 heterocycles. The fourth-order valence-corrected chi connectivity index (χ4v) is 3.11. The van der Waals surface area contributed by atoms with Crippen LogP contribution in [-0.2, 0) is 19.1 Å². The maximum atomic E-state index is 10.8. The summed E-state index contributed by atoms with van der Waals surface area (Å²) in [7, 11) is 0. The lowest BCUT2D eigenvalue weighted by molar-refractivity contribution is -0.145. The third-order valence-electron chi connectivity index (χ3n) is 4.61. The lowest BCUT2D eigenvalue weighted by Crippen LogP contribution is -2.19. The molecule has 5 heteroatoms. The molecule has 148 valence electrons. The van der Waals surface area contributed by atoms with E-state index in [1.54, 1.807) is 0 Å². The van der Waals surface area contributed by atoms with E-state index in [-0.39, 0.29) is 18.5 Å². The average molecular weight is 358 g/mol. The highest BCUT2D eigenvalue weighted by molar-refractivity contribution is 5.71. The number of nitrogens with two attached hydrogens (primary N) is 1. The molecule has 2 aliphatic rings. The average Bonchev–Trinajstić information content (AvgIpc) is 3.20. The van der Waals surface area contributed by atoms with Gasteiger partial charge in [0.2, 0.25) is 0 Å². The predicted molar refractivity (Wildman–Crippen MR) is 101 cm³/mol. The first-order chi connectivity index (χ1) is 12.2. The maximum Gasteiger partial charge on any atom is 0.319 e. The molecular weight excluding hydrogens is 318 g/mol. The van der Waals surface area contributed by atoms with E-state index in [1.165, 1.54) is 57.8 Å². The van der Waals surface area contributed by atoms with Crippen molar-refractivity contribution in [3.8, 4) is 0 Å². The molecule has 0 atom stereocenters. The summed E-state index contributed by atoms with van der Waals surface area (Å²) in [4.78, 5) is 21.5. The number of ether oxygens (including phenoxy) is 2. The first kappa shape index (κ1) is 23.9. The van der Waals surface area contributed by atoms with Gasteiger partial charge in [-0.05, 0) is 37.5 Å². The minimum absolute atomic E-state index is 0.00667. The number of carbonyl (C=O) groups is 2. The van der Waals surface area contributed by atoms with Crippen LogP contribution < -0.4 is 5.73 Å². The van der Waals surface area contributed by atoms with Crippen LogP contribution in [0.3, 0.4) is 0 Å². The van der Waals surface area contributed by atoms with Gasteiger partial charge < -0.3 is 15.2 Å². The molecule has 0 aromatic heterocycles. The van der Waals surface area contributed by atoms with Gasteiger partial charge in [0.05, 0.1) is 19.8 Å². The van der Waals surface area contributed by atoms with E-state index in [0.29, 0.717) is 31.5 Å². The van der Waals surface area contributed by atoms with Crippen LogP contribution in [0.2, 0.25) is 0 Å². The van der Waals surface area contributed by atoms with Crippen LogP contribution in [0.1, 0.15) is 85.0 Å². The molecule has 0 radical (unpaired) electrons. The topological polar surface area (TPSA) is 78.6 Å². The van der Waals surface area contributed by atoms with Gasteiger partial charge in [-0.15, -0.1) is 0 Å². The Morgan fingerprint density at radius 2 is 1.20 bits per heavy atom. The molecule has 0 amide bonds. The van der Waals surface area contributed by atoms with Crippen molar-refractivity contribution >= 4 is 11.9 Å². The van der Waals surface area contributed by atoms with Gasteiger partial charge >= 0.3 is 11.9 Å². The monoisotopic (exact) mass is 357 g/mol. The van der Waals surface area contributed by atoms with Crippen molar-refractivity contribution in [2.75, 3.05) is 19.8 Å². The highest BCUT2D eigenvalue weighted by Gasteiger charge is 2.16. The molecule has 0 unspecified atom stereocenters. The summed E-state index contributed by atoms with van der Waals surface area (Å²) in [5.74, 6) is 0.914. The molecule has 0 bridgehead atoms. The molecule has 25 heavy (non-hydrogen) atoms. The number of hydrogen-bond donors (Lipinski definition) is 1. The number of rotatable bonds is 6. The second kappa shape index (κ2) is 16.4. The van der Waals surface area contributed by atoms with Crippen molar-refractivity contribution in [2.24, 2.45) is 17.6 Å². The summed E-state index contributed by atoms with van der Waals surface area (Å²) < 4.78 is 10.0. The van der Waals surface area contributed by atoms with E-state index in [9.17, 15) is 9.59 Å². The Morgan fingerprint density at radius 3 is 1.60 bits per heavy atom. The Balaban J connectivity index is 0.000000421. The van der Waals surface area contributed by atoms with Crippen molar-refractivity contribution in [3.63, 3.8) is 0 Å². The van der Waals surface area contributed by atoms with E-state index in [0.717, 1.165) is 0 Å². The molecule has 0 saturated heterocycles. The molecule has 0 aromatic carbocycles. The van der Waals surface area contributed by atoms with Crippen LogP contribution >= 0.6 is 0 Å². The highest BCUT2D eigenvalue weighted by atomic mass is 16.5. The van der Waals surface area contributed by atoms with Gasteiger partial charge in [-0.2, -0.15) is 0 Å². The normalized spacial score (nSPS) is 17.6. The third-order valence-corrected chi connectivity index (χ3v) is 4.61. The first-order valence-corrected chi connectivity index (χ1v) is 10.2. The van der Waals surface area contributed by atoms with E-state index >= 15 is 0 Å². The minimum Gasteiger partial charge on any atom is -0.465 e. The van der Waals surface area contributed by atoms with Gasteiger partial charge in [0, 0.05) is 6.42 Å². The molecule has 2 N–H and O–H groups in total. The smallest absolute Gasteiger partial charge is 0.319 e. The SMILES string of the molecule is CC.CCC(=O)OCC1CCCCC1.NCC(=O)OCC1CCCC1. The fraction of sp³-hybridized carbons (Fsp3) is 0.900. The van der Waals surface area contributed by atoms with Gasteiger partial charge in [0.25, 0.3) is 0 Å². The highest BCUT2D eigenvalue weighted by Crippen LogP contribution is 2.24. The predicted octanol–water partition coefficient (Wildman–Crippen LogP) is 4.22. The van der Waals surface area contributed by atoms with E-state index in [4.69, 9.17) is 15.2 Å². The summed E-state index contributed by atoms with van der Waals surface area (Å²) >= 11 is 0. The van der Waals surface area contributed by atoms with Crippen molar-refractivity contribution in [3.05, 3.63) is 0 Å². The number of esters is 2. The van der Waals surface area contributed by atoms with Gasteiger partial charge in [-0.25, -0.2) is 0 Å². The van der Waals surface area contributed by atoms with E-state index in [2.05, 4.69) is 0 Å². The summed E-state index contributed by atoms with van der Waals surface area (Å²) in [6.45, 7) is 7.08. The number of carbonyl (C=O) groups excluding carboxylic acids is 2. The second-order valence-electron chi connectivity index (χ2n) is 6.58. The Hall–Kier alpha value is -1.10. The summed E-state index contributed by atoms with van der Waals surface area (Å²) in [6.07, 6.45) is 12.0. The van der Waals surface area contributed by atoms with Gasteiger partial charge in [0.15, 0.2) is 0 Å². The molecule has 0 spiro atoms. The van der Waals surface area contributed by atoms with Crippen LogP contribution in [0.25, 0.3) is 0 Å².